The summed E-state index contributed by atoms with van der Waals surface area (Å²) in [5.41, 5.74) is 2.64. The fraction of sp³-hybridized carbons (Fsp3) is 0.278. The molecule has 0 aromatic heterocycles. The van der Waals surface area contributed by atoms with Gasteiger partial charge in [0.25, 0.3) is 0 Å². The number of hydrogen-bond acceptors (Lipinski definition) is 2. The van der Waals surface area contributed by atoms with Crippen LogP contribution >= 0.6 is 0 Å². The lowest BCUT2D eigenvalue weighted by atomic mass is 9.80. The highest BCUT2D eigenvalue weighted by molar-refractivity contribution is 5.98. The molecule has 3 heteroatoms. The van der Waals surface area contributed by atoms with Crippen LogP contribution < -0.4 is 4.74 Å². The smallest absolute Gasteiger partial charge is 0.175 e. The molecule has 3 rings (SSSR count). The van der Waals surface area contributed by atoms with E-state index in [1.165, 1.54) is 24.3 Å². The van der Waals surface area contributed by atoms with E-state index in [0.717, 1.165) is 12.8 Å². The van der Waals surface area contributed by atoms with Crippen molar-refractivity contribution in [2.75, 3.05) is 7.11 Å². The molecule has 0 saturated heterocycles. The highest BCUT2D eigenvalue weighted by atomic mass is 19.1. The van der Waals surface area contributed by atoms with E-state index >= 15 is 0 Å². The second-order valence-corrected chi connectivity index (χ2v) is 5.39. The fourth-order valence-corrected chi connectivity index (χ4v) is 3.00. The maximum Gasteiger partial charge on any atom is 0.175 e. The molecule has 21 heavy (non-hydrogen) atoms. The van der Waals surface area contributed by atoms with Crippen molar-refractivity contribution >= 4 is 5.78 Å². The van der Waals surface area contributed by atoms with E-state index in [-0.39, 0.29) is 23.0 Å². The summed E-state index contributed by atoms with van der Waals surface area (Å²) in [6.45, 7) is 0. The zero-order chi connectivity index (χ0) is 14.8. The molecule has 0 fully saturated rings. The molecule has 1 aliphatic rings. The van der Waals surface area contributed by atoms with E-state index in [9.17, 15) is 9.18 Å². The average Bonchev–Trinajstić information content (AvgIpc) is 2.54. The summed E-state index contributed by atoms with van der Waals surface area (Å²) in [5, 5.41) is 0. The number of carbonyl (C=O) groups is 1. The van der Waals surface area contributed by atoms with Crippen LogP contribution in [-0.4, -0.2) is 12.9 Å². The van der Waals surface area contributed by atoms with E-state index in [2.05, 4.69) is 12.1 Å². The lowest BCUT2D eigenvalue weighted by Gasteiger charge is -2.23. The van der Waals surface area contributed by atoms with Crippen molar-refractivity contribution in [3.05, 3.63) is 65.0 Å². The Morgan fingerprint density at radius 2 is 1.90 bits per heavy atom. The van der Waals surface area contributed by atoms with E-state index in [4.69, 9.17) is 4.74 Å². The first-order valence-corrected chi connectivity index (χ1v) is 7.14. The van der Waals surface area contributed by atoms with Gasteiger partial charge in [-0.1, -0.05) is 30.3 Å². The van der Waals surface area contributed by atoms with Crippen LogP contribution in [-0.2, 0) is 12.8 Å². The third kappa shape index (κ3) is 2.56. The van der Waals surface area contributed by atoms with E-state index in [0.29, 0.717) is 6.42 Å². The quantitative estimate of drug-likeness (QED) is 0.801. The second kappa shape index (κ2) is 5.68. The minimum atomic E-state index is -0.552. The first-order valence-electron chi connectivity index (χ1n) is 7.14. The van der Waals surface area contributed by atoms with Gasteiger partial charge in [0, 0.05) is 5.92 Å². The Kier molecular flexibility index (Phi) is 3.74. The lowest BCUT2D eigenvalue weighted by Crippen LogP contribution is -2.23. The number of halogens is 1. The fourth-order valence-electron chi connectivity index (χ4n) is 3.00. The number of methoxy groups -OCH3 is 1. The van der Waals surface area contributed by atoms with E-state index in [1.807, 2.05) is 12.1 Å². The standard InChI is InChI=1S/C18H17FO2/c1-21-16-8-4-7-15(17(16)19)18(20)14-10-9-12-5-2-3-6-13(12)11-14/h2-8,14H,9-11H2,1H3. The molecule has 0 amide bonds. The Morgan fingerprint density at radius 3 is 2.67 bits per heavy atom. The summed E-state index contributed by atoms with van der Waals surface area (Å²) in [4.78, 5) is 12.6. The number of ether oxygens (including phenoxy) is 1. The monoisotopic (exact) mass is 284 g/mol. The molecule has 0 bridgehead atoms. The summed E-state index contributed by atoms with van der Waals surface area (Å²) >= 11 is 0. The Morgan fingerprint density at radius 1 is 1.14 bits per heavy atom. The first kappa shape index (κ1) is 13.8. The summed E-state index contributed by atoms with van der Waals surface area (Å²) in [7, 11) is 1.41. The molecule has 108 valence electrons. The molecule has 0 N–H and O–H groups in total. The van der Waals surface area contributed by atoms with Gasteiger partial charge in [0.1, 0.15) is 0 Å². The Hall–Kier alpha value is -2.16. The van der Waals surface area contributed by atoms with Crippen LogP contribution in [0.5, 0.6) is 5.75 Å². The van der Waals surface area contributed by atoms with Crippen LogP contribution in [0.1, 0.15) is 27.9 Å². The van der Waals surface area contributed by atoms with Gasteiger partial charge in [0.2, 0.25) is 0 Å². The number of carbonyl (C=O) groups excluding carboxylic acids is 1. The largest absolute Gasteiger partial charge is 0.494 e. The second-order valence-electron chi connectivity index (χ2n) is 5.39. The van der Waals surface area contributed by atoms with Crippen LogP contribution in [0.15, 0.2) is 42.5 Å². The zero-order valence-corrected chi connectivity index (χ0v) is 11.9. The van der Waals surface area contributed by atoms with Gasteiger partial charge in [-0.2, -0.15) is 0 Å². The third-order valence-electron chi connectivity index (χ3n) is 4.17. The number of rotatable bonds is 3. The van der Waals surface area contributed by atoms with Crippen molar-refractivity contribution in [3.63, 3.8) is 0 Å². The van der Waals surface area contributed by atoms with Gasteiger partial charge in [-0.15, -0.1) is 0 Å². The molecule has 0 spiro atoms. The predicted octanol–water partition coefficient (Wildman–Crippen LogP) is 3.82. The van der Waals surface area contributed by atoms with Crippen molar-refractivity contribution < 1.29 is 13.9 Å². The molecule has 0 aliphatic heterocycles. The van der Waals surface area contributed by atoms with Crippen LogP contribution in [0.25, 0.3) is 0 Å². The maximum atomic E-state index is 14.2. The number of fused-ring (bicyclic) bond motifs is 1. The van der Waals surface area contributed by atoms with Crippen LogP contribution in [0.2, 0.25) is 0 Å². The SMILES string of the molecule is COc1cccc(C(=O)C2CCc3ccccc3C2)c1F. The molecular weight excluding hydrogens is 267 g/mol. The van der Waals surface area contributed by atoms with Gasteiger partial charge < -0.3 is 4.74 Å². The van der Waals surface area contributed by atoms with Crippen molar-refractivity contribution in [2.45, 2.75) is 19.3 Å². The highest BCUT2D eigenvalue weighted by Crippen LogP contribution is 2.30. The third-order valence-corrected chi connectivity index (χ3v) is 4.17. The number of aryl methyl sites for hydroxylation is 1. The number of hydrogen-bond donors (Lipinski definition) is 0. The normalized spacial score (nSPS) is 17.1. The molecule has 2 aromatic rings. The molecule has 1 atom stereocenters. The highest BCUT2D eigenvalue weighted by Gasteiger charge is 2.27. The summed E-state index contributed by atoms with van der Waals surface area (Å²) in [5.74, 6) is -0.705. The minimum absolute atomic E-state index is 0.122. The summed E-state index contributed by atoms with van der Waals surface area (Å²) in [6.07, 6.45) is 2.33. The summed E-state index contributed by atoms with van der Waals surface area (Å²) in [6, 6.07) is 12.9. The van der Waals surface area contributed by atoms with Gasteiger partial charge in [-0.3, -0.25) is 4.79 Å². The van der Waals surface area contributed by atoms with Crippen molar-refractivity contribution in [2.24, 2.45) is 5.92 Å². The molecule has 0 saturated carbocycles. The van der Waals surface area contributed by atoms with Crippen LogP contribution in [0.4, 0.5) is 4.39 Å². The summed E-state index contributed by atoms with van der Waals surface area (Å²) < 4.78 is 19.2. The number of benzene rings is 2. The number of ketones is 1. The van der Waals surface area contributed by atoms with Gasteiger partial charge in [0.15, 0.2) is 17.3 Å². The molecule has 1 aliphatic carbocycles. The maximum absolute atomic E-state index is 14.2. The van der Waals surface area contributed by atoms with Crippen molar-refractivity contribution in [3.8, 4) is 5.75 Å². The predicted molar refractivity (Wildman–Crippen MR) is 79.2 cm³/mol. The molecule has 1 unspecified atom stereocenters. The van der Waals surface area contributed by atoms with Crippen molar-refractivity contribution in [1.82, 2.24) is 0 Å². The Labute approximate surface area is 123 Å². The molecule has 0 heterocycles. The minimum Gasteiger partial charge on any atom is -0.494 e. The molecule has 2 aromatic carbocycles. The van der Waals surface area contributed by atoms with E-state index < -0.39 is 5.82 Å². The lowest BCUT2D eigenvalue weighted by molar-refractivity contribution is 0.0903. The zero-order valence-electron chi connectivity index (χ0n) is 11.9. The van der Waals surface area contributed by atoms with Crippen molar-refractivity contribution in [1.29, 1.82) is 0 Å². The molecule has 0 radical (unpaired) electrons. The molecule has 2 nitrogen and oxygen atoms in total. The van der Waals surface area contributed by atoms with Crippen LogP contribution in [0, 0.1) is 11.7 Å². The molecular formula is C18H17FO2. The van der Waals surface area contributed by atoms with Gasteiger partial charge in [-0.05, 0) is 42.5 Å². The first-order chi connectivity index (χ1) is 10.2. The van der Waals surface area contributed by atoms with Gasteiger partial charge >= 0.3 is 0 Å². The van der Waals surface area contributed by atoms with Crippen LogP contribution in [0.3, 0.4) is 0 Å². The average molecular weight is 284 g/mol. The van der Waals surface area contributed by atoms with Gasteiger partial charge in [0.05, 0.1) is 12.7 Å². The number of Topliss-reactive ketones (excluding diaryl/α,β-unsaturated/α-hetero) is 1. The van der Waals surface area contributed by atoms with E-state index in [1.54, 1.807) is 12.1 Å². The Balaban J connectivity index is 1.87. The topological polar surface area (TPSA) is 26.3 Å². The van der Waals surface area contributed by atoms with Gasteiger partial charge in [-0.25, -0.2) is 4.39 Å². The Bertz CT molecular complexity index is 679.